The fourth-order valence-electron chi connectivity index (χ4n) is 1.79. The smallest absolute Gasteiger partial charge is 0.176 e. The van der Waals surface area contributed by atoms with Crippen molar-refractivity contribution in [1.29, 1.82) is 0 Å². The van der Waals surface area contributed by atoms with E-state index >= 15 is 0 Å². The molecule has 0 aliphatic heterocycles. The van der Waals surface area contributed by atoms with E-state index in [-0.39, 0.29) is 0 Å². The molecule has 0 atom stereocenters. The summed E-state index contributed by atoms with van der Waals surface area (Å²) in [6.45, 7) is 2.92. The molecule has 0 amide bonds. The summed E-state index contributed by atoms with van der Waals surface area (Å²) in [5.74, 6) is 1.61. The van der Waals surface area contributed by atoms with Crippen molar-refractivity contribution in [3.8, 4) is 0 Å². The molecule has 2 aromatic rings. The first kappa shape index (κ1) is 14.1. The van der Waals surface area contributed by atoms with Gasteiger partial charge in [0.1, 0.15) is 5.82 Å². The van der Waals surface area contributed by atoms with E-state index < -0.39 is 9.84 Å². The normalized spacial score (nSPS) is 11.7. The molecule has 0 saturated carbocycles. The number of hydrogen-bond donors (Lipinski definition) is 0. The number of sulfone groups is 1. The number of benzene rings is 1. The Hall–Kier alpha value is -1.27. The van der Waals surface area contributed by atoms with Crippen LogP contribution in [0.4, 0.5) is 0 Å². The molecule has 4 nitrogen and oxygen atoms in total. The highest BCUT2D eigenvalue weighted by molar-refractivity contribution is 7.99. The maximum Gasteiger partial charge on any atom is 0.176 e. The molecule has 0 saturated heterocycles. The van der Waals surface area contributed by atoms with E-state index in [2.05, 4.69) is 16.5 Å². The van der Waals surface area contributed by atoms with Gasteiger partial charge >= 0.3 is 0 Å². The molecule has 1 heterocycles. The molecule has 0 aliphatic rings. The second-order valence-electron chi connectivity index (χ2n) is 4.14. The molecule has 0 aliphatic carbocycles. The topological polar surface area (TPSA) is 52.0 Å². The van der Waals surface area contributed by atoms with Crippen molar-refractivity contribution in [3.63, 3.8) is 0 Å². The van der Waals surface area contributed by atoms with Crippen molar-refractivity contribution < 1.29 is 8.42 Å². The van der Waals surface area contributed by atoms with Crippen LogP contribution in [0.15, 0.2) is 46.5 Å². The third kappa shape index (κ3) is 3.39. The van der Waals surface area contributed by atoms with Crippen molar-refractivity contribution in [2.75, 3.05) is 6.26 Å². The summed E-state index contributed by atoms with van der Waals surface area (Å²) < 4.78 is 25.5. The Balaban J connectivity index is 2.21. The first-order chi connectivity index (χ1) is 9.02. The van der Waals surface area contributed by atoms with E-state index in [1.807, 2.05) is 18.3 Å². The average Bonchev–Trinajstić information content (AvgIpc) is 2.83. The molecule has 0 unspecified atom stereocenters. The molecule has 19 heavy (non-hydrogen) atoms. The van der Waals surface area contributed by atoms with Gasteiger partial charge in [0.25, 0.3) is 0 Å². The maximum absolute atomic E-state index is 11.7. The zero-order chi connectivity index (χ0) is 13.9. The van der Waals surface area contributed by atoms with Crippen LogP contribution in [-0.2, 0) is 22.1 Å². The largest absolute Gasteiger partial charge is 0.335 e. The van der Waals surface area contributed by atoms with Crippen LogP contribution in [0.2, 0.25) is 0 Å². The average molecular weight is 296 g/mol. The van der Waals surface area contributed by atoms with Crippen molar-refractivity contribution in [2.45, 2.75) is 29.0 Å². The summed E-state index contributed by atoms with van der Waals surface area (Å²) in [6.07, 6.45) is 4.93. The lowest BCUT2D eigenvalue weighted by molar-refractivity contribution is 0.600. The molecular weight excluding hydrogens is 280 g/mol. The number of hydrogen-bond acceptors (Lipinski definition) is 4. The minimum Gasteiger partial charge on any atom is -0.335 e. The van der Waals surface area contributed by atoms with Gasteiger partial charge in [-0.1, -0.05) is 12.1 Å². The van der Waals surface area contributed by atoms with Gasteiger partial charge in [0.2, 0.25) is 0 Å². The molecular formula is C13H16N2O2S2. The lowest BCUT2D eigenvalue weighted by Gasteiger charge is -2.08. The number of imidazole rings is 1. The number of thioether (sulfide) groups is 1. The standard InChI is InChI=1S/C13H16N2O2S2/c1-3-15-9-8-14-13(15)10-18-11-6-4-5-7-12(11)19(2,16)17/h4-9H,3,10H2,1-2H3. The Labute approximate surface area is 117 Å². The first-order valence-corrected chi connectivity index (χ1v) is 8.82. The van der Waals surface area contributed by atoms with Crippen LogP contribution in [0.5, 0.6) is 0 Å². The molecule has 0 N–H and O–H groups in total. The maximum atomic E-state index is 11.7. The number of aromatic nitrogens is 2. The Morgan fingerprint density at radius 1 is 1.32 bits per heavy atom. The van der Waals surface area contributed by atoms with E-state index in [0.29, 0.717) is 10.6 Å². The summed E-state index contributed by atoms with van der Waals surface area (Å²) in [5, 5.41) is 0. The van der Waals surface area contributed by atoms with Crippen molar-refractivity contribution in [1.82, 2.24) is 9.55 Å². The van der Waals surface area contributed by atoms with Gasteiger partial charge in [-0.05, 0) is 19.1 Å². The minimum atomic E-state index is -3.19. The van der Waals surface area contributed by atoms with E-state index in [1.165, 1.54) is 18.0 Å². The molecule has 1 aromatic carbocycles. The summed E-state index contributed by atoms with van der Waals surface area (Å²) in [4.78, 5) is 5.44. The Morgan fingerprint density at radius 3 is 2.74 bits per heavy atom. The van der Waals surface area contributed by atoms with Gasteiger partial charge in [0.15, 0.2) is 9.84 Å². The number of rotatable bonds is 5. The molecule has 0 spiro atoms. The van der Waals surface area contributed by atoms with Crippen molar-refractivity contribution in [2.24, 2.45) is 0 Å². The van der Waals surface area contributed by atoms with Crippen LogP contribution >= 0.6 is 11.8 Å². The van der Waals surface area contributed by atoms with Crippen molar-refractivity contribution in [3.05, 3.63) is 42.5 Å². The summed E-state index contributed by atoms with van der Waals surface area (Å²) in [6, 6.07) is 7.07. The minimum absolute atomic E-state index is 0.384. The van der Waals surface area contributed by atoms with Crippen LogP contribution in [0.25, 0.3) is 0 Å². The van der Waals surface area contributed by atoms with Gasteiger partial charge in [-0.25, -0.2) is 13.4 Å². The third-order valence-electron chi connectivity index (χ3n) is 2.75. The fourth-order valence-corrected chi connectivity index (χ4v) is 4.09. The highest BCUT2D eigenvalue weighted by Gasteiger charge is 2.13. The molecule has 1 aromatic heterocycles. The van der Waals surface area contributed by atoms with Gasteiger partial charge in [-0.2, -0.15) is 0 Å². The Bertz CT molecular complexity index is 663. The van der Waals surface area contributed by atoms with Crippen LogP contribution < -0.4 is 0 Å². The molecule has 6 heteroatoms. The second kappa shape index (κ2) is 5.79. The molecule has 0 radical (unpaired) electrons. The van der Waals surface area contributed by atoms with E-state index in [4.69, 9.17) is 0 Å². The SMILES string of the molecule is CCn1ccnc1CSc1ccccc1S(C)(=O)=O. The molecule has 0 bridgehead atoms. The van der Waals surface area contributed by atoms with Crippen LogP contribution in [0.3, 0.4) is 0 Å². The van der Waals surface area contributed by atoms with Gasteiger partial charge in [0, 0.05) is 30.1 Å². The molecule has 102 valence electrons. The van der Waals surface area contributed by atoms with Gasteiger partial charge in [0.05, 0.1) is 10.6 Å². The molecule has 0 fully saturated rings. The second-order valence-corrected chi connectivity index (χ2v) is 7.14. The Kier molecular flexibility index (Phi) is 4.31. The number of nitrogens with zero attached hydrogens (tertiary/aromatic N) is 2. The highest BCUT2D eigenvalue weighted by atomic mass is 32.2. The van der Waals surface area contributed by atoms with Crippen LogP contribution in [0, 0.1) is 0 Å². The van der Waals surface area contributed by atoms with E-state index in [0.717, 1.165) is 17.3 Å². The monoisotopic (exact) mass is 296 g/mol. The number of aryl methyl sites for hydroxylation is 1. The van der Waals surface area contributed by atoms with Crippen LogP contribution in [0.1, 0.15) is 12.7 Å². The van der Waals surface area contributed by atoms with E-state index in [9.17, 15) is 8.42 Å². The zero-order valence-electron chi connectivity index (χ0n) is 10.9. The van der Waals surface area contributed by atoms with Crippen LogP contribution in [-0.4, -0.2) is 24.2 Å². The van der Waals surface area contributed by atoms with E-state index in [1.54, 1.807) is 18.3 Å². The fraction of sp³-hybridized carbons (Fsp3) is 0.308. The summed E-state index contributed by atoms with van der Waals surface area (Å²) >= 11 is 1.50. The molecule has 2 rings (SSSR count). The van der Waals surface area contributed by atoms with Gasteiger partial charge < -0.3 is 4.57 Å². The predicted molar refractivity (Wildman–Crippen MR) is 77.0 cm³/mol. The Morgan fingerprint density at radius 2 is 2.05 bits per heavy atom. The quantitative estimate of drug-likeness (QED) is 0.796. The summed E-state index contributed by atoms with van der Waals surface area (Å²) in [5.41, 5.74) is 0. The highest BCUT2D eigenvalue weighted by Crippen LogP contribution is 2.28. The predicted octanol–water partition coefficient (Wildman–Crippen LogP) is 2.60. The lowest BCUT2D eigenvalue weighted by atomic mass is 10.4. The third-order valence-corrected chi connectivity index (χ3v) is 5.10. The van der Waals surface area contributed by atoms with Gasteiger partial charge in [-0.3, -0.25) is 0 Å². The van der Waals surface area contributed by atoms with Crippen molar-refractivity contribution >= 4 is 21.6 Å². The zero-order valence-corrected chi connectivity index (χ0v) is 12.5. The first-order valence-electron chi connectivity index (χ1n) is 5.94. The lowest BCUT2D eigenvalue weighted by Crippen LogP contribution is -2.01. The summed E-state index contributed by atoms with van der Waals surface area (Å²) in [7, 11) is -3.19. The van der Waals surface area contributed by atoms with Gasteiger partial charge in [-0.15, -0.1) is 11.8 Å².